The molecule has 1 aliphatic heterocycles. The third-order valence-corrected chi connectivity index (χ3v) is 3.17. The van der Waals surface area contributed by atoms with E-state index in [0.29, 0.717) is 0 Å². The average molecular weight is 198 g/mol. The Balaban J connectivity index is 2.10. The predicted octanol–water partition coefficient (Wildman–Crippen LogP) is 2.25. The number of rotatable bonds is 7. The molecule has 0 spiro atoms. The highest BCUT2D eigenvalue weighted by molar-refractivity contribution is 4.77. The summed E-state index contributed by atoms with van der Waals surface area (Å²) in [6, 6.07) is 0.775. The molecule has 2 heteroatoms. The van der Waals surface area contributed by atoms with Crippen molar-refractivity contribution in [2.75, 3.05) is 26.2 Å². The maximum absolute atomic E-state index is 3.57. The van der Waals surface area contributed by atoms with Crippen LogP contribution in [-0.4, -0.2) is 37.1 Å². The van der Waals surface area contributed by atoms with Crippen LogP contribution in [0.3, 0.4) is 0 Å². The molecule has 1 unspecified atom stereocenters. The van der Waals surface area contributed by atoms with Crippen molar-refractivity contribution in [2.24, 2.45) is 0 Å². The van der Waals surface area contributed by atoms with Gasteiger partial charge in [0.25, 0.3) is 0 Å². The van der Waals surface area contributed by atoms with Crippen molar-refractivity contribution in [1.82, 2.24) is 10.2 Å². The third-order valence-electron chi connectivity index (χ3n) is 3.17. The zero-order chi connectivity index (χ0) is 10.2. The number of unbranched alkanes of at least 4 members (excludes halogenated alkanes) is 2. The zero-order valence-electron chi connectivity index (χ0n) is 9.89. The van der Waals surface area contributed by atoms with Gasteiger partial charge in [0.2, 0.25) is 0 Å². The standard InChI is InChI=1S/C12H26N2/c1-3-5-6-10-14(4-2)11-12-8-7-9-13-12/h12-13H,3-11H2,1-2H3. The minimum absolute atomic E-state index is 0.775. The lowest BCUT2D eigenvalue weighted by Gasteiger charge is -2.23. The van der Waals surface area contributed by atoms with E-state index in [1.54, 1.807) is 0 Å². The van der Waals surface area contributed by atoms with Crippen LogP contribution in [0.25, 0.3) is 0 Å². The molecule has 0 aliphatic carbocycles. The largest absolute Gasteiger partial charge is 0.313 e. The molecule has 0 radical (unpaired) electrons. The van der Waals surface area contributed by atoms with Gasteiger partial charge in [0, 0.05) is 12.6 Å². The van der Waals surface area contributed by atoms with Crippen LogP contribution in [0.2, 0.25) is 0 Å². The van der Waals surface area contributed by atoms with E-state index >= 15 is 0 Å². The minimum Gasteiger partial charge on any atom is -0.313 e. The molecule has 1 aliphatic rings. The van der Waals surface area contributed by atoms with E-state index in [9.17, 15) is 0 Å². The molecule has 0 amide bonds. The van der Waals surface area contributed by atoms with Gasteiger partial charge < -0.3 is 10.2 Å². The first-order chi connectivity index (χ1) is 6.86. The second-order valence-electron chi connectivity index (χ2n) is 4.39. The van der Waals surface area contributed by atoms with Crippen LogP contribution in [0.4, 0.5) is 0 Å². The SMILES string of the molecule is CCCCCN(CC)CC1CCCN1. The Bertz CT molecular complexity index is 130. The number of nitrogens with zero attached hydrogens (tertiary/aromatic N) is 1. The maximum Gasteiger partial charge on any atom is 0.0195 e. The van der Waals surface area contributed by atoms with E-state index in [4.69, 9.17) is 0 Å². The first-order valence-corrected chi connectivity index (χ1v) is 6.32. The van der Waals surface area contributed by atoms with Gasteiger partial charge in [-0.2, -0.15) is 0 Å². The Hall–Kier alpha value is -0.0800. The molecule has 84 valence electrons. The van der Waals surface area contributed by atoms with Gasteiger partial charge in [0.15, 0.2) is 0 Å². The normalized spacial score (nSPS) is 22.1. The molecule has 0 aromatic carbocycles. The summed E-state index contributed by atoms with van der Waals surface area (Å²) in [5.41, 5.74) is 0. The van der Waals surface area contributed by atoms with Crippen molar-refractivity contribution in [1.29, 1.82) is 0 Å². The van der Waals surface area contributed by atoms with Gasteiger partial charge in [-0.25, -0.2) is 0 Å². The van der Waals surface area contributed by atoms with Crippen LogP contribution < -0.4 is 5.32 Å². The fourth-order valence-electron chi connectivity index (χ4n) is 2.19. The van der Waals surface area contributed by atoms with Gasteiger partial charge in [0.05, 0.1) is 0 Å². The lowest BCUT2D eigenvalue weighted by atomic mass is 10.2. The van der Waals surface area contributed by atoms with Gasteiger partial charge in [-0.15, -0.1) is 0 Å². The molecule has 1 rings (SSSR count). The summed E-state index contributed by atoms with van der Waals surface area (Å²) in [5.74, 6) is 0. The summed E-state index contributed by atoms with van der Waals surface area (Å²) in [7, 11) is 0. The second kappa shape index (κ2) is 7.24. The topological polar surface area (TPSA) is 15.3 Å². The highest BCUT2D eigenvalue weighted by atomic mass is 15.1. The molecule has 14 heavy (non-hydrogen) atoms. The monoisotopic (exact) mass is 198 g/mol. The lowest BCUT2D eigenvalue weighted by Crippen LogP contribution is -2.37. The number of hydrogen-bond donors (Lipinski definition) is 1. The Labute approximate surface area is 89.1 Å². The fourth-order valence-corrected chi connectivity index (χ4v) is 2.19. The van der Waals surface area contributed by atoms with Crippen LogP contribution in [0, 0.1) is 0 Å². The number of likely N-dealkylation sites (N-methyl/N-ethyl adjacent to an activating group) is 1. The van der Waals surface area contributed by atoms with Gasteiger partial charge in [-0.1, -0.05) is 26.7 Å². The lowest BCUT2D eigenvalue weighted by molar-refractivity contribution is 0.256. The number of nitrogens with one attached hydrogen (secondary N) is 1. The molecule has 1 atom stereocenters. The van der Waals surface area contributed by atoms with Crippen LogP contribution in [-0.2, 0) is 0 Å². The molecule has 0 aromatic heterocycles. The first-order valence-electron chi connectivity index (χ1n) is 6.32. The Kier molecular flexibility index (Phi) is 6.20. The van der Waals surface area contributed by atoms with E-state index in [0.717, 1.165) is 6.04 Å². The molecule has 2 nitrogen and oxygen atoms in total. The quantitative estimate of drug-likeness (QED) is 0.631. The molecular weight excluding hydrogens is 172 g/mol. The minimum atomic E-state index is 0.775. The fraction of sp³-hybridized carbons (Fsp3) is 1.00. The molecule has 1 heterocycles. The summed E-state index contributed by atoms with van der Waals surface area (Å²) in [6.07, 6.45) is 6.84. The predicted molar refractivity (Wildman–Crippen MR) is 62.7 cm³/mol. The van der Waals surface area contributed by atoms with Crippen molar-refractivity contribution in [3.63, 3.8) is 0 Å². The zero-order valence-corrected chi connectivity index (χ0v) is 9.89. The van der Waals surface area contributed by atoms with Gasteiger partial charge in [-0.05, 0) is 38.9 Å². The summed E-state index contributed by atoms with van der Waals surface area (Å²) < 4.78 is 0. The molecule has 1 fully saturated rings. The Morgan fingerprint density at radius 3 is 2.71 bits per heavy atom. The summed E-state index contributed by atoms with van der Waals surface area (Å²) >= 11 is 0. The summed E-state index contributed by atoms with van der Waals surface area (Å²) in [5, 5.41) is 3.57. The Morgan fingerprint density at radius 2 is 2.14 bits per heavy atom. The van der Waals surface area contributed by atoms with Gasteiger partial charge >= 0.3 is 0 Å². The van der Waals surface area contributed by atoms with Crippen molar-refractivity contribution < 1.29 is 0 Å². The van der Waals surface area contributed by atoms with E-state index in [-0.39, 0.29) is 0 Å². The van der Waals surface area contributed by atoms with E-state index in [2.05, 4.69) is 24.1 Å². The van der Waals surface area contributed by atoms with Gasteiger partial charge in [0.1, 0.15) is 0 Å². The maximum atomic E-state index is 3.57. The van der Waals surface area contributed by atoms with E-state index < -0.39 is 0 Å². The Morgan fingerprint density at radius 1 is 1.29 bits per heavy atom. The second-order valence-corrected chi connectivity index (χ2v) is 4.39. The van der Waals surface area contributed by atoms with Crippen molar-refractivity contribution >= 4 is 0 Å². The van der Waals surface area contributed by atoms with Crippen LogP contribution in [0.1, 0.15) is 46.0 Å². The smallest absolute Gasteiger partial charge is 0.0195 e. The van der Waals surface area contributed by atoms with Crippen LogP contribution >= 0.6 is 0 Å². The first kappa shape index (κ1) is 12.0. The molecule has 0 saturated carbocycles. The highest BCUT2D eigenvalue weighted by Gasteiger charge is 2.16. The van der Waals surface area contributed by atoms with Crippen molar-refractivity contribution in [3.8, 4) is 0 Å². The van der Waals surface area contributed by atoms with Crippen LogP contribution in [0.5, 0.6) is 0 Å². The van der Waals surface area contributed by atoms with E-state index in [1.165, 1.54) is 58.3 Å². The molecular formula is C12H26N2. The molecule has 0 bridgehead atoms. The van der Waals surface area contributed by atoms with Crippen LogP contribution in [0.15, 0.2) is 0 Å². The highest BCUT2D eigenvalue weighted by Crippen LogP contribution is 2.07. The summed E-state index contributed by atoms with van der Waals surface area (Å²) in [4.78, 5) is 2.60. The molecule has 1 N–H and O–H groups in total. The number of hydrogen-bond acceptors (Lipinski definition) is 2. The van der Waals surface area contributed by atoms with Gasteiger partial charge in [-0.3, -0.25) is 0 Å². The molecule has 1 saturated heterocycles. The third kappa shape index (κ3) is 4.43. The summed E-state index contributed by atoms with van der Waals surface area (Å²) in [6.45, 7) is 9.55. The van der Waals surface area contributed by atoms with Crippen molar-refractivity contribution in [2.45, 2.75) is 52.0 Å². The molecule has 0 aromatic rings. The average Bonchev–Trinajstić information content (AvgIpc) is 2.69. The van der Waals surface area contributed by atoms with Crippen molar-refractivity contribution in [3.05, 3.63) is 0 Å². The van der Waals surface area contributed by atoms with E-state index in [1.807, 2.05) is 0 Å².